The number of benzene rings is 1. The molecule has 0 saturated heterocycles. The molecule has 0 N–H and O–H groups in total. The Morgan fingerprint density at radius 1 is 1.10 bits per heavy atom. The molecule has 1 heterocycles. The number of hydrogen-bond acceptors (Lipinski definition) is 1. The van der Waals surface area contributed by atoms with Crippen LogP contribution in [-0.4, -0.2) is 17.5 Å². The van der Waals surface area contributed by atoms with E-state index in [-0.39, 0.29) is 5.41 Å². The van der Waals surface area contributed by atoms with Gasteiger partial charge in [0.1, 0.15) is 0 Å². The molecular weight excluding hydrogens is 307 g/mol. The Morgan fingerprint density at radius 3 is 2.50 bits per heavy atom. The van der Waals surface area contributed by atoms with Crippen molar-refractivity contribution in [2.24, 2.45) is 11.3 Å². The Labute approximate surface area is 136 Å². The lowest BCUT2D eigenvalue weighted by Gasteiger charge is -2.38. The van der Waals surface area contributed by atoms with Gasteiger partial charge in [0.25, 0.3) is 0 Å². The summed E-state index contributed by atoms with van der Waals surface area (Å²) in [6, 6.07) is 8.85. The standard InChI is InChI=1S/C17H22Cl2S/c18-11-17(12-19,14-5-1-2-6-14)9-13-10-20-16-8-4-3-7-15(13)16/h3-4,7-8,13-14H,1-2,5-6,9-12H2. The number of rotatable bonds is 5. The minimum absolute atomic E-state index is 0.141. The molecule has 0 aromatic heterocycles. The molecular formula is C17H22Cl2S. The molecule has 0 bridgehead atoms. The molecule has 1 unspecified atom stereocenters. The van der Waals surface area contributed by atoms with E-state index in [1.54, 1.807) is 0 Å². The number of fused-ring (bicyclic) bond motifs is 1. The maximum Gasteiger partial charge on any atom is 0.0294 e. The van der Waals surface area contributed by atoms with Gasteiger partial charge in [-0.3, -0.25) is 0 Å². The molecule has 0 nitrogen and oxygen atoms in total. The number of thioether (sulfide) groups is 1. The fraction of sp³-hybridized carbons (Fsp3) is 0.647. The Hall–Kier alpha value is 0.150. The van der Waals surface area contributed by atoms with Gasteiger partial charge in [-0.25, -0.2) is 0 Å². The van der Waals surface area contributed by atoms with E-state index in [1.165, 1.54) is 41.9 Å². The van der Waals surface area contributed by atoms with E-state index in [2.05, 4.69) is 24.3 Å². The number of hydrogen-bond donors (Lipinski definition) is 0. The lowest BCUT2D eigenvalue weighted by molar-refractivity contribution is 0.197. The third kappa shape index (κ3) is 2.74. The number of alkyl halides is 2. The van der Waals surface area contributed by atoms with Crippen LogP contribution < -0.4 is 0 Å². The first kappa shape index (κ1) is 15.1. The highest BCUT2D eigenvalue weighted by molar-refractivity contribution is 7.99. The average molecular weight is 329 g/mol. The first-order valence-electron chi connectivity index (χ1n) is 7.63. The fourth-order valence-corrected chi connectivity index (χ4v) is 6.15. The van der Waals surface area contributed by atoms with Crippen LogP contribution in [0, 0.1) is 11.3 Å². The number of halogens is 2. The predicted molar refractivity (Wildman–Crippen MR) is 90.4 cm³/mol. The lowest BCUT2D eigenvalue weighted by Crippen LogP contribution is -2.35. The molecule has 1 fully saturated rings. The molecule has 2 aliphatic rings. The first-order chi connectivity index (χ1) is 9.79. The third-order valence-electron chi connectivity index (χ3n) is 5.21. The van der Waals surface area contributed by atoms with Crippen LogP contribution in [0.2, 0.25) is 0 Å². The van der Waals surface area contributed by atoms with Crippen LogP contribution in [0.25, 0.3) is 0 Å². The van der Waals surface area contributed by atoms with E-state index in [9.17, 15) is 0 Å². The van der Waals surface area contributed by atoms with Gasteiger partial charge in [-0.1, -0.05) is 31.0 Å². The van der Waals surface area contributed by atoms with Crippen LogP contribution >= 0.6 is 35.0 Å². The SMILES string of the molecule is ClCC(CCl)(CC1CSc2ccccc21)C1CCCC1. The van der Waals surface area contributed by atoms with Gasteiger partial charge >= 0.3 is 0 Å². The zero-order chi connectivity index (χ0) is 14.0. The molecule has 0 amide bonds. The van der Waals surface area contributed by atoms with E-state index in [4.69, 9.17) is 23.2 Å². The fourth-order valence-electron chi connectivity index (χ4n) is 3.96. The van der Waals surface area contributed by atoms with Crippen molar-refractivity contribution in [3.8, 4) is 0 Å². The normalized spacial score (nSPS) is 23.2. The largest absolute Gasteiger partial charge is 0.126 e. The smallest absolute Gasteiger partial charge is 0.0294 e. The Morgan fingerprint density at radius 2 is 1.80 bits per heavy atom. The molecule has 1 aromatic rings. The van der Waals surface area contributed by atoms with Gasteiger partial charge in [-0.15, -0.1) is 35.0 Å². The van der Waals surface area contributed by atoms with Crippen LogP contribution in [0.3, 0.4) is 0 Å². The second-order valence-electron chi connectivity index (χ2n) is 6.36. The Balaban J connectivity index is 1.81. The van der Waals surface area contributed by atoms with Crippen molar-refractivity contribution in [1.29, 1.82) is 0 Å². The van der Waals surface area contributed by atoms with Gasteiger partial charge in [-0.05, 0) is 42.7 Å². The molecule has 110 valence electrons. The average Bonchev–Trinajstić information content (AvgIpc) is 3.15. The van der Waals surface area contributed by atoms with Gasteiger partial charge in [0.05, 0.1) is 0 Å². The van der Waals surface area contributed by atoms with E-state index < -0.39 is 0 Å². The summed E-state index contributed by atoms with van der Waals surface area (Å²) in [5, 5.41) is 0. The molecule has 1 saturated carbocycles. The minimum Gasteiger partial charge on any atom is -0.126 e. The van der Waals surface area contributed by atoms with Crippen molar-refractivity contribution in [2.75, 3.05) is 17.5 Å². The van der Waals surface area contributed by atoms with E-state index >= 15 is 0 Å². The van der Waals surface area contributed by atoms with Gasteiger partial charge < -0.3 is 0 Å². The second kappa shape index (κ2) is 6.50. The zero-order valence-corrected chi connectivity index (χ0v) is 14.1. The minimum atomic E-state index is 0.141. The van der Waals surface area contributed by atoms with Gasteiger partial charge in [0, 0.05) is 27.8 Å². The van der Waals surface area contributed by atoms with Crippen molar-refractivity contribution >= 4 is 35.0 Å². The van der Waals surface area contributed by atoms with Crippen molar-refractivity contribution in [1.82, 2.24) is 0 Å². The third-order valence-corrected chi connectivity index (χ3v) is 7.52. The molecule has 1 aliphatic carbocycles. The topological polar surface area (TPSA) is 0 Å². The molecule has 20 heavy (non-hydrogen) atoms. The maximum absolute atomic E-state index is 6.42. The summed E-state index contributed by atoms with van der Waals surface area (Å²) in [6.07, 6.45) is 6.52. The van der Waals surface area contributed by atoms with Crippen molar-refractivity contribution in [2.45, 2.75) is 42.9 Å². The predicted octanol–water partition coefficient (Wildman–Crippen LogP) is 5.92. The summed E-state index contributed by atoms with van der Waals surface area (Å²) in [4.78, 5) is 1.46. The lowest BCUT2D eigenvalue weighted by atomic mass is 9.70. The highest BCUT2D eigenvalue weighted by Gasteiger charge is 2.42. The molecule has 3 rings (SSSR count). The summed E-state index contributed by atoms with van der Waals surface area (Å²) in [7, 11) is 0. The van der Waals surface area contributed by atoms with Crippen molar-refractivity contribution < 1.29 is 0 Å². The second-order valence-corrected chi connectivity index (χ2v) is 7.96. The van der Waals surface area contributed by atoms with Gasteiger partial charge in [-0.2, -0.15) is 0 Å². The summed E-state index contributed by atoms with van der Waals surface area (Å²) < 4.78 is 0. The van der Waals surface area contributed by atoms with Crippen LogP contribution in [0.15, 0.2) is 29.2 Å². The zero-order valence-electron chi connectivity index (χ0n) is 11.8. The molecule has 3 heteroatoms. The first-order valence-corrected chi connectivity index (χ1v) is 9.68. The molecule has 0 radical (unpaired) electrons. The van der Waals surface area contributed by atoms with Crippen molar-refractivity contribution in [3.05, 3.63) is 29.8 Å². The summed E-state index contributed by atoms with van der Waals surface area (Å²) >= 11 is 14.8. The molecule has 1 aromatic carbocycles. The Bertz CT molecular complexity index is 450. The monoisotopic (exact) mass is 328 g/mol. The molecule has 1 atom stereocenters. The van der Waals surface area contributed by atoms with Crippen LogP contribution in [0.4, 0.5) is 0 Å². The van der Waals surface area contributed by atoms with E-state index in [0.717, 1.165) is 12.3 Å². The summed E-state index contributed by atoms with van der Waals surface area (Å²) in [6.45, 7) is 0. The maximum atomic E-state index is 6.42. The van der Waals surface area contributed by atoms with Crippen molar-refractivity contribution in [3.63, 3.8) is 0 Å². The summed E-state index contributed by atoms with van der Waals surface area (Å²) in [5.74, 6) is 3.99. The van der Waals surface area contributed by atoms with E-state index in [0.29, 0.717) is 17.7 Å². The van der Waals surface area contributed by atoms with E-state index in [1.807, 2.05) is 11.8 Å². The van der Waals surface area contributed by atoms with Crippen LogP contribution in [-0.2, 0) is 0 Å². The van der Waals surface area contributed by atoms with Crippen LogP contribution in [0.1, 0.15) is 43.6 Å². The van der Waals surface area contributed by atoms with Crippen LogP contribution in [0.5, 0.6) is 0 Å². The quantitative estimate of drug-likeness (QED) is 0.604. The van der Waals surface area contributed by atoms with Gasteiger partial charge in [0.2, 0.25) is 0 Å². The molecule has 1 aliphatic heterocycles. The highest BCUT2D eigenvalue weighted by atomic mass is 35.5. The summed E-state index contributed by atoms with van der Waals surface area (Å²) in [5.41, 5.74) is 1.66. The highest BCUT2D eigenvalue weighted by Crippen LogP contribution is 2.51. The molecule has 0 spiro atoms. The van der Waals surface area contributed by atoms with Gasteiger partial charge in [0.15, 0.2) is 0 Å². The Kier molecular flexibility index (Phi) is 4.90.